The van der Waals surface area contributed by atoms with E-state index < -0.39 is 0 Å². The lowest BCUT2D eigenvalue weighted by atomic mass is 10.1. The number of nitrogens with zero attached hydrogens (tertiary/aromatic N) is 1. The van der Waals surface area contributed by atoms with Gasteiger partial charge < -0.3 is 10.6 Å². The number of benzene rings is 1. The summed E-state index contributed by atoms with van der Waals surface area (Å²) in [4.78, 5) is 13.5. The molecule has 0 aliphatic carbocycles. The van der Waals surface area contributed by atoms with Crippen molar-refractivity contribution in [1.82, 2.24) is 4.90 Å². The molecule has 0 saturated carbocycles. The summed E-state index contributed by atoms with van der Waals surface area (Å²) in [5.41, 5.74) is 6.54. The van der Waals surface area contributed by atoms with Gasteiger partial charge in [0.15, 0.2) is 0 Å². The molecular formula is C14H19FN2O. The van der Waals surface area contributed by atoms with E-state index >= 15 is 0 Å². The van der Waals surface area contributed by atoms with Gasteiger partial charge in [-0.25, -0.2) is 4.39 Å². The van der Waals surface area contributed by atoms with Gasteiger partial charge in [0.1, 0.15) is 5.82 Å². The Balaban J connectivity index is 2.12. The van der Waals surface area contributed by atoms with E-state index in [0.717, 1.165) is 13.0 Å². The van der Waals surface area contributed by atoms with Gasteiger partial charge in [0.25, 0.3) is 0 Å². The fourth-order valence-corrected chi connectivity index (χ4v) is 2.40. The molecule has 1 atom stereocenters. The number of hydrogen-bond acceptors (Lipinski definition) is 2. The first-order valence-corrected chi connectivity index (χ1v) is 6.39. The minimum Gasteiger partial charge on any atom is -0.338 e. The van der Waals surface area contributed by atoms with Gasteiger partial charge in [-0.05, 0) is 5.92 Å². The first-order valence-electron chi connectivity index (χ1n) is 6.39. The van der Waals surface area contributed by atoms with E-state index in [1.807, 2.05) is 0 Å². The number of hydrogen-bond donors (Lipinski definition) is 1. The van der Waals surface area contributed by atoms with Crippen LogP contribution < -0.4 is 5.73 Å². The molecule has 1 heterocycles. The summed E-state index contributed by atoms with van der Waals surface area (Å²) in [6.07, 6.45) is 1.59. The van der Waals surface area contributed by atoms with E-state index in [1.165, 1.54) is 0 Å². The van der Waals surface area contributed by atoms with Crippen LogP contribution in [0.4, 0.5) is 4.39 Å². The summed E-state index contributed by atoms with van der Waals surface area (Å²) in [6.45, 7) is 3.36. The molecule has 4 heteroatoms. The maximum Gasteiger partial charge on any atom is 0.223 e. The van der Waals surface area contributed by atoms with Gasteiger partial charge >= 0.3 is 0 Å². The van der Waals surface area contributed by atoms with Crippen LogP contribution in [-0.2, 0) is 17.9 Å². The Morgan fingerprint density at radius 3 is 2.78 bits per heavy atom. The Morgan fingerprint density at radius 2 is 2.17 bits per heavy atom. The van der Waals surface area contributed by atoms with E-state index in [0.29, 0.717) is 30.0 Å². The molecule has 1 saturated heterocycles. The second-order valence-corrected chi connectivity index (χ2v) is 4.85. The van der Waals surface area contributed by atoms with Crippen molar-refractivity contribution in [2.24, 2.45) is 11.7 Å². The van der Waals surface area contributed by atoms with Crippen molar-refractivity contribution in [1.29, 1.82) is 0 Å². The summed E-state index contributed by atoms with van der Waals surface area (Å²) in [7, 11) is 0. The van der Waals surface area contributed by atoms with Crippen LogP contribution in [0.5, 0.6) is 0 Å². The van der Waals surface area contributed by atoms with E-state index in [2.05, 4.69) is 6.92 Å². The van der Waals surface area contributed by atoms with Crippen molar-refractivity contribution in [3.05, 3.63) is 35.1 Å². The standard InChI is InChI=1S/C14H19FN2O/c1-2-10-6-13(18)17(8-10)9-12-5-3-4-11(7-16)14(12)15/h3-5,10H,2,6-9,16H2,1H3. The SMILES string of the molecule is CCC1CC(=O)N(Cc2cccc(CN)c2F)C1. The van der Waals surface area contributed by atoms with Crippen molar-refractivity contribution in [3.8, 4) is 0 Å². The Morgan fingerprint density at radius 1 is 1.44 bits per heavy atom. The summed E-state index contributed by atoms with van der Waals surface area (Å²) in [5, 5.41) is 0. The molecule has 0 aromatic heterocycles. The quantitative estimate of drug-likeness (QED) is 0.889. The van der Waals surface area contributed by atoms with Gasteiger partial charge in [-0.3, -0.25) is 4.79 Å². The molecule has 1 aliphatic rings. The maximum atomic E-state index is 14.0. The normalized spacial score (nSPS) is 19.6. The lowest BCUT2D eigenvalue weighted by molar-refractivity contribution is -0.128. The second kappa shape index (κ2) is 5.48. The molecule has 98 valence electrons. The molecule has 1 amide bonds. The number of nitrogens with two attached hydrogens (primary N) is 1. The predicted octanol–water partition coefficient (Wildman–Crippen LogP) is 2.04. The molecule has 1 aromatic rings. The highest BCUT2D eigenvalue weighted by molar-refractivity contribution is 5.78. The highest BCUT2D eigenvalue weighted by atomic mass is 19.1. The molecule has 0 spiro atoms. The minimum absolute atomic E-state index is 0.124. The average Bonchev–Trinajstić information content (AvgIpc) is 2.73. The van der Waals surface area contributed by atoms with Crippen molar-refractivity contribution >= 4 is 5.91 Å². The third kappa shape index (κ3) is 2.53. The van der Waals surface area contributed by atoms with Crippen LogP contribution in [0.1, 0.15) is 30.9 Å². The monoisotopic (exact) mass is 250 g/mol. The molecule has 3 nitrogen and oxygen atoms in total. The lowest BCUT2D eigenvalue weighted by Crippen LogP contribution is -2.25. The van der Waals surface area contributed by atoms with Gasteiger partial charge in [0.05, 0.1) is 0 Å². The maximum absolute atomic E-state index is 14.0. The first-order chi connectivity index (χ1) is 8.65. The smallest absolute Gasteiger partial charge is 0.223 e. The van der Waals surface area contributed by atoms with Crippen LogP contribution in [0.2, 0.25) is 0 Å². The van der Waals surface area contributed by atoms with Crippen LogP contribution >= 0.6 is 0 Å². The summed E-state index contributed by atoms with van der Waals surface area (Å²) in [6, 6.07) is 5.19. The number of amides is 1. The molecule has 1 fully saturated rings. The Hall–Kier alpha value is -1.42. The van der Waals surface area contributed by atoms with E-state index in [1.54, 1.807) is 23.1 Å². The zero-order valence-electron chi connectivity index (χ0n) is 10.7. The predicted molar refractivity (Wildman–Crippen MR) is 68.1 cm³/mol. The molecule has 1 unspecified atom stereocenters. The van der Waals surface area contributed by atoms with Gasteiger partial charge in [-0.2, -0.15) is 0 Å². The molecular weight excluding hydrogens is 231 g/mol. The molecule has 0 bridgehead atoms. The summed E-state index contributed by atoms with van der Waals surface area (Å²) >= 11 is 0. The largest absolute Gasteiger partial charge is 0.338 e. The van der Waals surface area contributed by atoms with Crippen LogP contribution in [0.25, 0.3) is 0 Å². The lowest BCUT2D eigenvalue weighted by Gasteiger charge is -2.17. The highest BCUT2D eigenvalue weighted by Crippen LogP contribution is 2.23. The van der Waals surface area contributed by atoms with Gasteiger partial charge in [0, 0.05) is 37.2 Å². The Kier molecular flexibility index (Phi) is 3.97. The van der Waals surface area contributed by atoms with Crippen LogP contribution in [-0.4, -0.2) is 17.4 Å². The molecule has 2 N–H and O–H groups in total. The topological polar surface area (TPSA) is 46.3 Å². The zero-order valence-corrected chi connectivity index (χ0v) is 10.7. The van der Waals surface area contributed by atoms with E-state index in [-0.39, 0.29) is 18.3 Å². The van der Waals surface area contributed by atoms with Crippen molar-refractivity contribution in [2.45, 2.75) is 32.9 Å². The molecule has 1 aliphatic heterocycles. The van der Waals surface area contributed by atoms with E-state index in [4.69, 9.17) is 5.73 Å². The van der Waals surface area contributed by atoms with Crippen LogP contribution in [0.15, 0.2) is 18.2 Å². The molecule has 0 radical (unpaired) electrons. The van der Waals surface area contributed by atoms with Gasteiger partial charge in [-0.15, -0.1) is 0 Å². The van der Waals surface area contributed by atoms with Crippen molar-refractivity contribution < 1.29 is 9.18 Å². The fraction of sp³-hybridized carbons (Fsp3) is 0.500. The average molecular weight is 250 g/mol. The number of likely N-dealkylation sites (tertiary alicyclic amines) is 1. The number of rotatable bonds is 4. The van der Waals surface area contributed by atoms with Crippen LogP contribution in [0.3, 0.4) is 0 Å². The fourth-order valence-electron chi connectivity index (χ4n) is 2.40. The third-order valence-corrected chi connectivity index (χ3v) is 3.61. The van der Waals surface area contributed by atoms with Crippen LogP contribution in [0, 0.1) is 11.7 Å². The first kappa shape index (κ1) is 13.0. The zero-order chi connectivity index (χ0) is 13.1. The number of carbonyl (C=O) groups is 1. The third-order valence-electron chi connectivity index (χ3n) is 3.61. The highest BCUT2D eigenvalue weighted by Gasteiger charge is 2.28. The van der Waals surface area contributed by atoms with Crippen molar-refractivity contribution in [3.63, 3.8) is 0 Å². The van der Waals surface area contributed by atoms with Crippen molar-refractivity contribution in [2.75, 3.05) is 6.54 Å². The molecule has 18 heavy (non-hydrogen) atoms. The number of halogens is 1. The second-order valence-electron chi connectivity index (χ2n) is 4.85. The van der Waals surface area contributed by atoms with Gasteiger partial charge in [-0.1, -0.05) is 31.5 Å². The summed E-state index contributed by atoms with van der Waals surface area (Å²) in [5.74, 6) is 0.269. The summed E-state index contributed by atoms with van der Waals surface area (Å²) < 4.78 is 14.0. The van der Waals surface area contributed by atoms with E-state index in [9.17, 15) is 9.18 Å². The number of carbonyl (C=O) groups excluding carboxylic acids is 1. The molecule has 2 rings (SSSR count). The Labute approximate surface area is 107 Å². The molecule has 1 aromatic carbocycles. The minimum atomic E-state index is -0.271. The Bertz CT molecular complexity index is 447. The van der Waals surface area contributed by atoms with Gasteiger partial charge in [0.2, 0.25) is 5.91 Å².